The van der Waals surface area contributed by atoms with Crippen molar-refractivity contribution >= 4 is 34.8 Å². The number of anilines is 1. The van der Waals surface area contributed by atoms with Crippen LogP contribution in [0.2, 0.25) is 0 Å². The van der Waals surface area contributed by atoms with Crippen molar-refractivity contribution in [3.63, 3.8) is 0 Å². The number of carbonyl (C=O) groups excluding carboxylic acids is 3. The van der Waals surface area contributed by atoms with Gasteiger partial charge < -0.3 is 29.4 Å². The van der Waals surface area contributed by atoms with E-state index in [2.05, 4.69) is 25.3 Å². The molecule has 1 aliphatic rings. The normalized spacial score (nSPS) is 14.5. The Labute approximate surface area is 250 Å². The van der Waals surface area contributed by atoms with Crippen LogP contribution in [0.15, 0.2) is 41.6 Å². The lowest BCUT2D eigenvalue weighted by molar-refractivity contribution is -0.125. The van der Waals surface area contributed by atoms with E-state index in [9.17, 15) is 19.2 Å². The van der Waals surface area contributed by atoms with Crippen LogP contribution in [-0.4, -0.2) is 86.5 Å². The third kappa shape index (κ3) is 8.49. The molecule has 230 valence electrons. The highest BCUT2D eigenvalue weighted by Gasteiger charge is 2.25. The number of ether oxygens (including phenoxy) is 1. The van der Waals surface area contributed by atoms with Crippen molar-refractivity contribution in [2.75, 3.05) is 33.5 Å². The molecule has 1 fully saturated rings. The topological polar surface area (TPSA) is 155 Å². The van der Waals surface area contributed by atoms with Crippen LogP contribution < -0.4 is 10.9 Å². The van der Waals surface area contributed by atoms with Gasteiger partial charge in [0.05, 0.1) is 12.2 Å². The first kappa shape index (κ1) is 31.4. The quantitative estimate of drug-likeness (QED) is 0.322. The summed E-state index contributed by atoms with van der Waals surface area (Å²) in [5.74, 6) is 0.290. The number of hydrogen-bond donors (Lipinski definition) is 2. The van der Waals surface area contributed by atoms with Gasteiger partial charge in [-0.05, 0) is 43.4 Å². The van der Waals surface area contributed by atoms with Crippen molar-refractivity contribution in [3.8, 4) is 0 Å². The molecule has 1 unspecified atom stereocenters. The molecule has 0 aliphatic heterocycles. The molecule has 13 nitrogen and oxygen atoms in total. The van der Waals surface area contributed by atoms with E-state index in [4.69, 9.17) is 4.74 Å². The number of likely N-dealkylation sites (N-methyl/N-ethyl adjacent to an activating group) is 1. The van der Waals surface area contributed by atoms with E-state index in [0.717, 1.165) is 17.6 Å². The first-order chi connectivity index (χ1) is 20.6. The second-order valence-corrected chi connectivity index (χ2v) is 11.2. The molecule has 1 saturated carbocycles. The van der Waals surface area contributed by atoms with Crippen LogP contribution in [-0.2, 0) is 27.3 Å². The van der Waals surface area contributed by atoms with Crippen molar-refractivity contribution in [1.29, 1.82) is 0 Å². The Morgan fingerprint density at radius 2 is 1.91 bits per heavy atom. The Hall–Kier alpha value is -4.55. The molecule has 0 bridgehead atoms. The first-order valence-electron chi connectivity index (χ1n) is 14.6. The van der Waals surface area contributed by atoms with Crippen LogP contribution in [0.1, 0.15) is 56.5 Å². The number of H-pyrrole nitrogens is 1. The number of nitrogens with one attached hydrogen (secondary N) is 2. The Balaban J connectivity index is 1.47. The number of carbonyl (C=O) groups is 3. The SMILES string of the molecule is CN(C)C(=O)C=CCCC(OC(=O)N(C)C)C(=O)Nc1cccn(Cc2nc3ncnc(CC4CCCCC4)c3[nH]2)c1=O. The number of aromatic amines is 1. The number of imidazole rings is 1. The van der Waals surface area contributed by atoms with E-state index in [0.29, 0.717) is 23.8 Å². The zero-order chi connectivity index (χ0) is 30.9. The van der Waals surface area contributed by atoms with E-state index in [1.807, 2.05) is 0 Å². The zero-order valence-corrected chi connectivity index (χ0v) is 25.2. The van der Waals surface area contributed by atoms with Gasteiger partial charge >= 0.3 is 6.09 Å². The molecule has 1 atom stereocenters. The third-order valence-electron chi connectivity index (χ3n) is 7.42. The van der Waals surface area contributed by atoms with Crippen LogP contribution in [0.25, 0.3) is 11.2 Å². The second-order valence-electron chi connectivity index (χ2n) is 11.2. The standard InChI is InChI=1S/C30H40N8O5/c1-36(2)25(39)15-9-8-14-23(43-30(42)37(3)4)28(40)33-21-13-10-16-38(29(21)41)18-24-34-26-22(31-19-32-27(26)35-24)17-20-11-6-5-7-12-20/h9-10,13,15-16,19-20,23H,5-8,11-12,14,17-18H2,1-4H3,(H,33,40)(H,31,32,34,35). The smallest absolute Gasteiger partial charge is 0.410 e. The fourth-order valence-electron chi connectivity index (χ4n) is 5.00. The highest BCUT2D eigenvalue weighted by molar-refractivity contribution is 5.95. The molecule has 1 aliphatic carbocycles. The summed E-state index contributed by atoms with van der Waals surface area (Å²) < 4.78 is 6.80. The molecule has 0 saturated heterocycles. The molecule has 0 aromatic carbocycles. The van der Waals surface area contributed by atoms with Crippen LogP contribution in [0.5, 0.6) is 0 Å². The molecule has 2 N–H and O–H groups in total. The molecule has 4 rings (SSSR count). The maximum atomic E-state index is 13.3. The number of hydrogen-bond acceptors (Lipinski definition) is 8. The molecular weight excluding hydrogens is 552 g/mol. The molecule has 0 radical (unpaired) electrons. The van der Waals surface area contributed by atoms with Crippen molar-refractivity contribution in [1.82, 2.24) is 34.3 Å². The van der Waals surface area contributed by atoms with E-state index in [1.54, 1.807) is 32.4 Å². The predicted molar refractivity (Wildman–Crippen MR) is 161 cm³/mol. The lowest BCUT2D eigenvalue weighted by Crippen LogP contribution is -2.37. The maximum Gasteiger partial charge on any atom is 0.410 e. The van der Waals surface area contributed by atoms with E-state index < -0.39 is 23.7 Å². The highest BCUT2D eigenvalue weighted by Crippen LogP contribution is 2.28. The van der Waals surface area contributed by atoms with Crippen LogP contribution in [0, 0.1) is 5.92 Å². The van der Waals surface area contributed by atoms with Crippen molar-refractivity contribution in [3.05, 3.63) is 58.7 Å². The Morgan fingerprint density at radius 1 is 1.14 bits per heavy atom. The van der Waals surface area contributed by atoms with Gasteiger partial charge in [-0.2, -0.15) is 0 Å². The van der Waals surface area contributed by atoms with Gasteiger partial charge in [-0.15, -0.1) is 0 Å². The van der Waals surface area contributed by atoms with Crippen LogP contribution in [0.4, 0.5) is 10.5 Å². The largest absolute Gasteiger partial charge is 0.436 e. The van der Waals surface area contributed by atoms with Crippen LogP contribution in [0.3, 0.4) is 0 Å². The Morgan fingerprint density at radius 3 is 2.63 bits per heavy atom. The molecule has 43 heavy (non-hydrogen) atoms. The van der Waals surface area contributed by atoms with Gasteiger partial charge in [-0.3, -0.25) is 14.4 Å². The minimum Gasteiger partial charge on any atom is -0.436 e. The third-order valence-corrected chi connectivity index (χ3v) is 7.42. The molecule has 13 heteroatoms. The second kappa shape index (κ2) is 14.6. The molecular formula is C30H40N8O5. The van der Waals surface area contributed by atoms with Gasteiger partial charge in [0.1, 0.15) is 23.4 Å². The number of allylic oxidation sites excluding steroid dienone is 1. The number of aromatic nitrogens is 5. The van der Waals surface area contributed by atoms with E-state index in [1.165, 1.54) is 79.0 Å². The summed E-state index contributed by atoms with van der Waals surface area (Å²) in [7, 11) is 6.27. The number of rotatable bonds is 11. The maximum absolute atomic E-state index is 13.3. The summed E-state index contributed by atoms with van der Waals surface area (Å²) in [6.07, 6.45) is 11.7. The number of nitrogens with zero attached hydrogens (tertiary/aromatic N) is 6. The van der Waals surface area contributed by atoms with Gasteiger partial charge in [0.15, 0.2) is 11.8 Å². The van der Waals surface area contributed by atoms with Gasteiger partial charge in [0, 0.05) is 34.4 Å². The monoisotopic (exact) mass is 592 g/mol. The molecule has 3 amide bonds. The van der Waals surface area contributed by atoms with Crippen LogP contribution >= 0.6 is 0 Å². The molecule has 0 spiro atoms. The summed E-state index contributed by atoms with van der Waals surface area (Å²) in [4.78, 5) is 69.8. The van der Waals surface area contributed by atoms with E-state index >= 15 is 0 Å². The molecule has 3 aromatic heterocycles. The number of amides is 3. The average Bonchev–Trinajstić information content (AvgIpc) is 3.40. The fraction of sp³-hybridized carbons (Fsp3) is 0.500. The van der Waals surface area contributed by atoms with Crippen molar-refractivity contribution < 1.29 is 19.1 Å². The minimum absolute atomic E-state index is 0.0330. The van der Waals surface area contributed by atoms with Gasteiger partial charge in [0.2, 0.25) is 5.91 Å². The molecule has 3 heterocycles. The highest BCUT2D eigenvalue weighted by atomic mass is 16.6. The first-order valence-corrected chi connectivity index (χ1v) is 14.6. The zero-order valence-electron chi connectivity index (χ0n) is 25.2. The number of fused-ring (bicyclic) bond motifs is 1. The lowest BCUT2D eigenvalue weighted by Gasteiger charge is -2.20. The Kier molecular flexibility index (Phi) is 10.6. The average molecular weight is 593 g/mol. The minimum atomic E-state index is -1.18. The van der Waals surface area contributed by atoms with Crippen molar-refractivity contribution in [2.24, 2.45) is 5.92 Å². The summed E-state index contributed by atoms with van der Waals surface area (Å²) in [5.41, 5.74) is 1.86. The summed E-state index contributed by atoms with van der Waals surface area (Å²) >= 11 is 0. The molecule has 3 aromatic rings. The number of pyridine rings is 1. The summed E-state index contributed by atoms with van der Waals surface area (Å²) in [6, 6.07) is 3.13. The summed E-state index contributed by atoms with van der Waals surface area (Å²) in [6.45, 7) is 0.130. The summed E-state index contributed by atoms with van der Waals surface area (Å²) in [5, 5.41) is 2.61. The fourth-order valence-corrected chi connectivity index (χ4v) is 5.00. The lowest BCUT2D eigenvalue weighted by atomic mass is 9.86. The van der Waals surface area contributed by atoms with Gasteiger partial charge in [0.25, 0.3) is 11.5 Å². The van der Waals surface area contributed by atoms with Crippen molar-refractivity contribution in [2.45, 2.75) is 64.0 Å². The van der Waals surface area contributed by atoms with E-state index in [-0.39, 0.29) is 24.6 Å². The predicted octanol–water partition coefficient (Wildman–Crippen LogP) is 3.12. The van der Waals surface area contributed by atoms with Gasteiger partial charge in [-0.25, -0.2) is 19.7 Å². The van der Waals surface area contributed by atoms with Gasteiger partial charge in [-0.1, -0.05) is 38.2 Å². The Bertz CT molecular complexity index is 1520.